The van der Waals surface area contributed by atoms with E-state index in [1.165, 1.54) is 0 Å². The standard InChI is InChI=1S/C15H22BrNO3/c1-10(17)6-11-7-13(16)15(14(8-11)18-2)20-12-4-3-5-19-9-12/h7-8,10,12H,3-6,9,17H2,1-2H3. The summed E-state index contributed by atoms with van der Waals surface area (Å²) in [7, 11) is 1.65. The van der Waals surface area contributed by atoms with Gasteiger partial charge in [-0.05, 0) is 59.8 Å². The second-order valence-electron chi connectivity index (χ2n) is 5.25. The molecule has 0 amide bonds. The zero-order valence-electron chi connectivity index (χ0n) is 12.0. The van der Waals surface area contributed by atoms with E-state index in [0.29, 0.717) is 6.61 Å². The van der Waals surface area contributed by atoms with Gasteiger partial charge in [-0.15, -0.1) is 0 Å². The average Bonchev–Trinajstić information content (AvgIpc) is 2.42. The molecule has 5 heteroatoms. The average molecular weight is 344 g/mol. The Morgan fingerprint density at radius 3 is 2.90 bits per heavy atom. The molecule has 1 heterocycles. The van der Waals surface area contributed by atoms with Gasteiger partial charge in [0, 0.05) is 12.6 Å². The van der Waals surface area contributed by atoms with Crippen molar-refractivity contribution in [2.75, 3.05) is 20.3 Å². The molecule has 112 valence electrons. The Balaban J connectivity index is 2.18. The number of nitrogens with two attached hydrogens (primary N) is 1. The lowest BCUT2D eigenvalue weighted by atomic mass is 10.1. The molecule has 1 saturated heterocycles. The molecule has 0 aliphatic carbocycles. The Morgan fingerprint density at radius 1 is 1.50 bits per heavy atom. The Hall–Kier alpha value is -0.780. The summed E-state index contributed by atoms with van der Waals surface area (Å²) in [6, 6.07) is 4.16. The van der Waals surface area contributed by atoms with Gasteiger partial charge in [0.2, 0.25) is 0 Å². The van der Waals surface area contributed by atoms with E-state index in [1.807, 2.05) is 19.1 Å². The maximum atomic E-state index is 6.04. The van der Waals surface area contributed by atoms with Crippen LogP contribution in [0.15, 0.2) is 16.6 Å². The van der Waals surface area contributed by atoms with Crippen LogP contribution in [0.2, 0.25) is 0 Å². The predicted molar refractivity (Wildman–Crippen MR) is 82.5 cm³/mol. The highest BCUT2D eigenvalue weighted by Crippen LogP contribution is 2.38. The highest BCUT2D eigenvalue weighted by molar-refractivity contribution is 9.10. The van der Waals surface area contributed by atoms with E-state index >= 15 is 0 Å². The maximum Gasteiger partial charge on any atom is 0.175 e. The first kappa shape index (κ1) is 15.6. The van der Waals surface area contributed by atoms with E-state index in [2.05, 4.69) is 15.9 Å². The van der Waals surface area contributed by atoms with Gasteiger partial charge < -0.3 is 19.9 Å². The lowest BCUT2D eigenvalue weighted by Crippen LogP contribution is -2.28. The number of rotatable bonds is 5. The second kappa shape index (κ2) is 7.29. The summed E-state index contributed by atoms with van der Waals surface area (Å²) in [5.74, 6) is 1.48. The summed E-state index contributed by atoms with van der Waals surface area (Å²) in [5.41, 5.74) is 6.98. The van der Waals surface area contributed by atoms with Gasteiger partial charge in [0.1, 0.15) is 6.10 Å². The molecule has 2 rings (SSSR count). The van der Waals surface area contributed by atoms with Crippen LogP contribution >= 0.6 is 15.9 Å². The van der Waals surface area contributed by atoms with Crippen LogP contribution < -0.4 is 15.2 Å². The Morgan fingerprint density at radius 2 is 2.30 bits per heavy atom. The quantitative estimate of drug-likeness (QED) is 0.892. The highest BCUT2D eigenvalue weighted by atomic mass is 79.9. The monoisotopic (exact) mass is 343 g/mol. The van der Waals surface area contributed by atoms with Crippen molar-refractivity contribution in [2.45, 2.75) is 38.3 Å². The molecule has 0 bridgehead atoms. The molecule has 0 aromatic heterocycles. The molecule has 20 heavy (non-hydrogen) atoms. The Kier molecular flexibility index (Phi) is 5.69. The van der Waals surface area contributed by atoms with Crippen LogP contribution in [0.1, 0.15) is 25.3 Å². The summed E-state index contributed by atoms with van der Waals surface area (Å²) in [5, 5.41) is 0. The van der Waals surface area contributed by atoms with Gasteiger partial charge in [-0.25, -0.2) is 0 Å². The van der Waals surface area contributed by atoms with Crippen LogP contribution in [-0.2, 0) is 11.2 Å². The number of benzene rings is 1. The summed E-state index contributed by atoms with van der Waals surface area (Å²) in [6.45, 7) is 3.45. The van der Waals surface area contributed by atoms with Crippen LogP contribution in [0.3, 0.4) is 0 Å². The topological polar surface area (TPSA) is 53.7 Å². The minimum atomic E-state index is 0.0910. The zero-order chi connectivity index (χ0) is 14.5. The second-order valence-corrected chi connectivity index (χ2v) is 6.10. The number of hydrogen-bond acceptors (Lipinski definition) is 4. The SMILES string of the molecule is COc1cc(CC(C)N)cc(Br)c1OC1CCCOC1. The zero-order valence-corrected chi connectivity index (χ0v) is 13.6. The van der Waals surface area contributed by atoms with Gasteiger partial charge in [-0.2, -0.15) is 0 Å². The van der Waals surface area contributed by atoms with Gasteiger partial charge in [-0.3, -0.25) is 0 Å². The first-order valence-corrected chi connectivity index (χ1v) is 7.76. The number of ether oxygens (including phenoxy) is 3. The van der Waals surface area contributed by atoms with Gasteiger partial charge >= 0.3 is 0 Å². The van der Waals surface area contributed by atoms with E-state index in [1.54, 1.807) is 7.11 Å². The fourth-order valence-corrected chi connectivity index (χ4v) is 2.93. The molecule has 1 fully saturated rings. The minimum Gasteiger partial charge on any atom is -0.493 e. The number of hydrogen-bond donors (Lipinski definition) is 1. The molecule has 1 aromatic rings. The van der Waals surface area contributed by atoms with Crippen molar-refractivity contribution in [3.63, 3.8) is 0 Å². The van der Waals surface area contributed by atoms with Crippen molar-refractivity contribution in [1.82, 2.24) is 0 Å². The van der Waals surface area contributed by atoms with Crippen LogP contribution in [0.4, 0.5) is 0 Å². The van der Waals surface area contributed by atoms with E-state index < -0.39 is 0 Å². The van der Waals surface area contributed by atoms with Crippen molar-refractivity contribution < 1.29 is 14.2 Å². The molecular formula is C15H22BrNO3. The molecule has 1 aromatic carbocycles. The third kappa shape index (κ3) is 4.11. The molecule has 4 nitrogen and oxygen atoms in total. The molecule has 2 unspecified atom stereocenters. The van der Waals surface area contributed by atoms with E-state index in [0.717, 1.165) is 47.4 Å². The summed E-state index contributed by atoms with van der Waals surface area (Å²) in [6.07, 6.45) is 2.94. The first-order chi connectivity index (χ1) is 9.60. The smallest absolute Gasteiger partial charge is 0.175 e. The van der Waals surface area contributed by atoms with E-state index in [4.69, 9.17) is 19.9 Å². The minimum absolute atomic E-state index is 0.0910. The number of methoxy groups -OCH3 is 1. The lowest BCUT2D eigenvalue weighted by Gasteiger charge is -2.25. The molecule has 2 atom stereocenters. The third-order valence-electron chi connectivity index (χ3n) is 3.25. The predicted octanol–water partition coefficient (Wildman–Crippen LogP) is 2.91. The van der Waals surface area contributed by atoms with Gasteiger partial charge in [0.05, 0.1) is 18.2 Å². The van der Waals surface area contributed by atoms with Crippen molar-refractivity contribution in [1.29, 1.82) is 0 Å². The fraction of sp³-hybridized carbons (Fsp3) is 0.600. The number of halogens is 1. The van der Waals surface area contributed by atoms with Crippen molar-refractivity contribution >= 4 is 15.9 Å². The van der Waals surface area contributed by atoms with E-state index in [-0.39, 0.29) is 12.1 Å². The lowest BCUT2D eigenvalue weighted by molar-refractivity contribution is 0.00610. The van der Waals surface area contributed by atoms with Gasteiger partial charge in [0.15, 0.2) is 11.5 Å². The molecule has 1 aliphatic heterocycles. The highest BCUT2D eigenvalue weighted by Gasteiger charge is 2.20. The van der Waals surface area contributed by atoms with Gasteiger partial charge in [-0.1, -0.05) is 0 Å². The summed E-state index contributed by atoms with van der Waals surface area (Å²) >= 11 is 3.57. The third-order valence-corrected chi connectivity index (χ3v) is 3.84. The first-order valence-electron chi connectivity index (χ1n) is 6.96. The fourth-order valence-electron chi connectivity index (χ4n) is 2.35. The van der Waals surface area contributed by atoms with Crippen molar-refractivity contribution in [2.24, 2.45) is 5.73 Å². The Labute approximate surface area is 128 Å². The maximum absolute atomic E-state index is 6.04. The summed E-state index contributed by atoms with van der Waals surface area (Å²) in [4.78, 5) is 0. The van der Waals surface area contributed by atoms with Crippen LogP contribution in [0.5, 0.6) is 11.5 Å². The van der Waals surface area contributed by atoms with Gasteiger partial charge in [0.25, 0.3) is 0 Å². The normalized spacial score (nSPS) is 20.5. The van der Waals surface area contributed by atoms with Crippen molar-refractivity contribution in [3.8, 4) is 11.5 Å². The molecule has 0 spiro atoms. The Bertz CT molecular complexity index is 445. The van der Waals surface area contributed by atoms with Crippen LogP contribution in [0.25, 0.3) is 0 Å². The molecule has 0 saturated carbocycles. The molecule has 1 aliphatic rings. The van der Waals surface area contributed by atoms with Crippen LogP contribution in [0, 0.1) is 0 Å². The molecule has 0 radical (unpaired) electrons. The summed E-state index contributed by atoms with van der Waals surface area (Å²) < 4.78 is 17.8. The largest absolute Gasteiger partial charge is 0.493 e. The molecular weight excluding hydrogens is 322 g/mol. The molecule has 2 N–H and O–H groups in total. The van der Waals surface area contributed by atoms with E-state index in [9.17, 15) is 0 Å². The van der Waals surface area contributed by atoms with Crippen LogP contribution in [-0.4, -0.2) is 32.5 Å². The van der Waals surface area contributed by atoms with Crippen molar-refractivity contribution in [3.05, 3.63) is 22.2 Å².